The van der Waals surface area contributed by atoms with Gasteiger partial charge in [0, 0.05) is 18.1 Å². The predicted octanol–water partition coefficient (Wildman–Crippen LogP) is 4.59. The van der Waals surface area contributed by atoms with Crippen LogP contribution < -0.4 is 0 Å². The van der Waals surface area contributed by atoms with Gasteiger partial charge in [-0.05, 0) is 58.5 Å². The van der Waals surface area contributed by atoms with Crippen LogP contribution in [-0.4, -0.2) is 36.8 Å². The molecular weight excluding hydrogens is 468 g/mol. The summed E-state index contributed by atoms with van der Waals surface area (Å²) in [6.07, 6.45) is 1.51. The number of aromatic carboxylic acids is 1. The number of fused-ring (bicyclic) bond motifs is 1. The van der Waals surface area contributed by atoms with Crippen molar-refractivity contribution in [1.29, 1.82) is 0 Å². The van der Waals surface area contributed by atoms with Gasteiger partial charge in [-0.25, -0.2) is 18.0 Å². The zero-order valence-electron chi connectivity index (χ0n) is 18.8. The average Bonchev–Trinajstić information content (AvgIpc) is 2.84. The highest BCUT2D eigenvalue weighted by atomic mass is 32.2. The summed E-state index contributed by atoms with van der Waals surface area (Å²) < 4.78 is 28.5. The Labute approximate surface area is 202 Å². The van der Waals surface area contributed by atoms with Gasteiger partial charge in [0.15, 0.2) is 9.84 Å². The summed E-state index contributed by atoms with van der Waals surface area (Å²) in [5.41, 5.74) is 2.57. The third-order valence-electron chi connectivity index (χ3n) is 5.63. The second-order valence-corrected chi connectivity index (χ2v) is 10.2. The van der Waals surface area contributed by atoms with E-state index in [4.69, 9.17) is 9.84 Å². The first kappa shape index (κ1) is 24.0. The summed E-state index contributed by atoms with van der Waals surface area (Å²) in [7, 11) is -3.30. The van der Waals surface area contributed by atoms with Gasteiger partial charge in [-0.15, -0.1) is 0 Å². The molecule has 0 saturated carbocycles. The number of carbonyl (C=O) groups is 2. The molecule has 2 N–H and O–H groups in total. The molecular formula is C27H22O7S. The van der Waals surface area contributed by atoms with Crippen LogP contribution in [0, 0.1) is 0 Å². The molecule has 0 aliphatic heterocycles. The smallest absolute Gasteiger partial charge is 0.338 e. The van der Waals surface area contributed by atoms with Crippen LogP contribution in [0.25, 0.3) is 10.8 Å². The average molecular weight is 491 g/mol. The van der Waals surface area contributed by atoms with Crippen LogP contribution in [0.1, 0.15) is 37.4 Å². The van der Waals surface area contributed by atoms with Crippen LogP contribution in [-0.2, 0) is 27.6 Å². The molecule has 178 valence electrons. The lowest BCUT2D eigenvalue weighted by Crippen LogP contribution is -2.05. The second-order valence-electron chi connectivity index (χ2n) is 8.18. The van der Waals surface area contributed by atoms with E-state index in [9.17, 15) is 23.1 Å². The first-order valence-corrected chi connectivity index (χ1v) is 12.5. The van der Waals surface area contributed by atoms with Gasteiger partial charge in [0.05, 0.1) is 16.0 Å². The Morgan fingerprint density at radius 1 is 0.829 bits per heavy atom. The number of hydrogen-bond donors (Lipinski definition) is 2. The number of esters is 1. The van der Waals surface area contributed by atoms with E-state index in [2.05, 4.69) is 0 Å². The van der Waals surface area contributed by atoms with Crippen molar-refractivity contribution >= 4 is 32.5 Å². The number of rotatable bonds is 7. The van der Waals surface area contributed by atoms with Crippen molar-refractivity contribution in [2.45, 2.75) is 17.9 Å². The number of carboxylic acids is 1. The second kappa shape index (κ2) is 9.60. The Morgan fingerprint density at radius 2 is 1.43 bits per heavy atom. The van der Waals surface area contributed by atoms with Crippen molar-refractivity contribution in [3.05, 3.63) is 107 Å². The number of aromatic hydroxyl groups is 1. The fourth-order valence-corrected chi connectivity index (χ4v) is 4.30. The van der Waals surface area contributed by atoms with Gasteiger partial charge in [-0.3, -0.25) is 0 Å². The minimum absolute atomic E-state index is 0.0285. The monoisotopic (exact) mass is 490 g/mol. The summed E-state index contributed by atoms with van der Waals surface area (Å²) in [6.45, 7) is -0.0285. The molecule has 0 aliphatic carbocycles. The van der Waals surface area contributed by atoms with Crippen molar-refractivity contribution in [1.82, 2.24) is 0 Å². The van der Waals surface area contributed by atoms with E-state index in [0.717, 1.165) is 17.2 Å². The molecule has 0 radical (unpaired) electrons. The van der Waals surface area contributed by atoms with E-state index >= 15 is 0 Å². The Bertz CT molecular complexity index is 1520. The van der Waals surface area contributed by atoms with Gasteiger partial charge in [0.1, 0.15) is 12.4 Å². The summed E-state index contributed by atoms with van der Waals surface area (Å²) in [5, 5.41) is 21.2. The van der Waals surface area contributed by atoms with E-state index in [-0.39, 0.29) is 28.4 Å². The Kier molecular flexibility index (Phi) is 6.57. The SMILES string of the molecule is CS(=O)(=O)c1ccc(COC(=O)c2ccc3ccc(Cc4ccc(C(=O)O)cc4)c(O)c3c2)cc1. The Morgan fingerprint density at radius 3 is 2.06 bits per heavy atom. The molecule has 0 aromatic heterocycles. The van der Waals surface area contributed by atoms with Crippen LogP contribution in [0.2, 0.25) is 0 Å². The maximum absolute atomic E-state index is 12.6. The molecule has 0 fully saturated rings. The van der Waals surface area contributed by atoms with Crippen molar-refractivity contribution in [3.63, 3.8) is 0 Å². The van der Waals surface area contributed by atoms with Gasteiger partial charge in [-0.1, -0.05) is 42.5 Å². The molecule has 0 unspecified atom stereocenters. The van der Waals surface area contributed by atoms with Crippen molar-refractivity contribution in [2.24, 2.45) is 0 Å². The predicted molar refractivity (Wildman–Crippen MR) is 130 cm³/mol. The zero-order valence-corrected chi connectivity index (χ0v) is 19.6. The third-order valence-corrected chi connectivity index (χ3v) is 6.76. The van der Waals surface area contributed by atoms with Gasteiger partial charge in [0.25, 0.3) is 0 Å². The van der Waals surface area contributed by atoms with E-state index in [1.54, 1.807) is 48.5 Å². The fraction of sp³-hybridized carbons (Fsp3) is 0.111. The molecule has 7 nitrogen and oxygen atoms in total. The lowest BCUT2D eigenvalue weighted by atomic mass is 9.98. The highest BCUT2D eigenvalue weighted by molar-refractivity contribution is 7.90. The summed E-state index contributed by atoms with van der Waals surface area (Å²) in [6, 6.07) is 21.1. The van der Waals surface area contributed by atoms with E-state index in [1.165, 1.54) is 24.3 Å². The summed E-state index contributed by atoms with van der Waals surface area (Å²) >= 11 is 0. The number of sulfone groups is 1. The number of carbonyl (C=O) groups excluding carboxylic acids is 1. The number of carboxylic acid groups (broad SMARTS) is 1. The first-order chi connectivity index (χ1) is 16.6. The van der Waals surface area contributed by atoms with E-state index < -0.39 is 21.8 Å². The van der Waals surface area contributed by atoms with Crippen LogP contribution in [0.5, 0.6) is 5.75 Å². The molecule has 0 saturated heterocycles. The first-order valence-electron chi connectivity index (χ1n) is 10.6. The Balaban J connectivity index is 1.51. The minimum Gasteiger partial charge on any atom is -0.507 e. The minimum atomic E-state index is -3.30. The number of benzene rings is 4. The van der Waals surface area contributed by atoms with Crippen LogP contribution in [0.3, 0.4) is 0 Å². The Hall–Kier alpha value is -4.17. The molecule has 0 aliphatic rings. The zero-order chi connectivity index (χ0) is 25.2. The van der Waals surface area contributed by atoms with Gasteiger partial charge >= 0.3 is 11.9 Å². The molecule has 0 heterocycles. The lowest BCUT2D eigenvalue weighted by molar-refractivity contribution is 0.0472. The number of ether oxygens (including phenoxy) is 1. The van der Waals surface area contributed by atoms with Crippen LogP contribution >= 0.6 is 0 Å². The van der Waals surface area contributed by atoms with Gasteiger partial charge < -0.3 is 14.9 Å². The topological polar surface area (TPSA) is 118 Å². The molecule has 8 heteroatoms. The molecule has 0 amide bonds. The highest BCUT2D eigenvalue weighted by Gasteiger charge is 2.14. The molecule has 4 aromatic rings. The van der Waals surface area contributed by atoms with Crippen molar-refractivity contribution < 1.29 is 33.0 Å². The maximum Gasteiger partial charge on any atom is 0.338 e. The molecule has 0 spiro atoms. The molecule has 0 atom stereocenters. The fourth-order valence-electron chi connectivity index (χ4n) is 3.67. The maximum atomic E-state index is 12.6. The number of phenols is 1. The van der Waals surface area contributed by atoms with Gasteiger partial charge in [0.2, 0.25) is 0 Å². The highest BCUT2D eigenvalue weighted by Crippen LogP contribution is 2.31. The number of phenolic OH excluding ortho intramolecular Hbond substituents is 1. The normalized spacial score (nSPS) is 11.3. The van der Waals surface area contributed by atoms with E-state index in [1.807, 2.05) is 6.07 Å². The number of hydrogen-bond acceptors (Lipinski definition) is 6. The molecule has 0 bridgehead atoms. The molecule has 4 aromatic carbocycles. The standard InChI is InChI=1S/C27H22O7S/c1-35(32,33)23-12-4-18(5-13-23)16-34-27(31)22-11-9-19-8-10-21(25(28)24(19)15-22)14-17-2-6-20(7-3-17)26(29)30/h2-13,15,28H,14,16H2,1H3,(H,29,30). The molecule has 35 heavy (non-hydrogen) atoms. The van der Waals surface area contributed by atoms with E-state index in [0.29, 0.717) is 22.9 Å². The molecule has 4 rings (SSSR count). The lowest BCUT2D eigenvalue weighted by Gasteiger charge is -2.11. The van der Waals surface area contributed by atoms with Crippen LogP contribution in [0.15, 0.2) is 83.8 Å². The van der Waals surface area contributed by atoms with Crippen LogP contribution in [0.4, 0.5) is 0 Å². The van der Waals surface area contributed by atoms with Gasteiger partial charge in [-0.2, -0.15) is 0 Å². The summed E-state index contributed by atoms with van der Waals surface area (Å²) in [4.78, 5) is 23.8. The quantitative estimate of drug-likeness (QED) is 0.364. The largest absolute Gasteiger partial charge is 0.507 e. The summed E-state index contributed by atoms with van der Waals surface area (Å²) in [5.74, 6) is -1.54. The van der Waals surface area contributed by atoms with Crippen molar-refractivity contribution in [3.8, 4) is 5.75 Å². The van der Waals surface area contributed by atoms with Crippen molar-refractivity contribution in [2.75, 3.05) is 6.26 Å². The third kappa shape index (κ3) is 5.50.